The summed E-state index contributed by atoms with van der Waals surface area (Å²) < 4.78 is 0. The summed E-state index contributed by atoms with van der Waals surface area (Å²) in [6, 6.07) is 11.3. The van der Waals surface area contributed by atoms with Crippen molar-refractivity contribution in [2.24, 2.45) is 11.7 Å². The van der Waals surface area contributed by atoms with Crippen molar-refractivity contribution in [1.82, 2.24) is 4.90 Å². The first-order valence-electron chi connectivity index (χ1n) is 8.60. The van der Waals surface area contributed by atoms with Gasteiger partial charge in [0.1, 0.15) is 0 Å². The number of nitrogens with zero attached hydrogens (tertiary/aromatic N) is 1. The van der Waals surface area contributed by atoms with Crippen LogP contribution in [0.1, 0.15) is 34.5 Å². The van der Waals surface area contributed by atoms with Crippen LogP contribution in [0.15, 0.2) is 41.8 Å². The quantitative estimate of drug-likeness (QED) is 0.762. The average Bonchev–Trinajstić information content (AvgIpc) is 3.33. The Labute approximate surface area is 151 Å². The molecule has 25 heavy (non-hydrogen) atoms. The van der Waals surface area contributed by atoms with Crippen LogP contribution >= 0.6 is 11.3 Å². The highest BCUT2D eigenvalue weighted by molar-refractivity contribution is 7.12. The van der Waals surface area contributed by atoms with Gasteiger partial charge in [-0.3, -0.25) is 9.59 Å². The van der Waals surface area contributed by atoms with Crippen LogP contribution in [0, 0.1) is 5.92 Å². The molecule has 0 unspecified atom stereocenters. The van der Waals surface area contributed by atoms with Crippen molar-refractivity contribution >= 4 is 28.8 Å². The second-order valence-electron chi connectivity index (χ2n) is 6.30. The maximum atomic E-state index is 12.4. The van der Waals surface area contributed by atoms with Crippen LogP contribution < -0.4 is 11.1 Å². The molecule has 1 aliphatic rings. The third-order valence-electron chi connectivity index (χ3n) is 4.20. The zero-order valence-corrected chi connectivity index (χ0v) is 14.9. The molecule has 2 amide bonds. The maximum absolute atomic E-state index is 12.4. The number of carbonyl (C=O) groups excluding carboxylic acids is 2. The highest BCUT2D eigenvalue weighted by Crippen LogP contribution is 2.31. The zero-order chi connectivity index (χ0) is 17.6. The molecule has 3 rings (SSSR count). The van der Waals surface area contributed by atoms with Crippen molar-refractivity contribution in [3.05, 3.63) is 52.2 Å². The average molecular weight is 357 g/mol. The number of hydrogen-bond donors (Lipinski definition) is 2. The van der Waals surface area contributed by atoms with Crippen molar-refractivity contribution in [2.75, 3.05) is 18.4 Å². The second-order valence-corrected chi connectivity index (χ2v) is 7.25. The Hall–Kier alpha value is -2.18. The molecule has 3 N–H and O–H groups in total. The lowest BCUT2D eigenvalue weighted by atomic mass is 10.1. The minimum absolute atomic E-state index is 0.101. The summed E-state index contributed by atoms with van der Waals surface area (Å²) in [7, 11) is 0. The Kier molecular flexibility index (Phi) is 5.83. The molecule has 0 atom stereocenters. The van der Waals surface area contributed by atoms with Crippen molar-refractivity contribution in [3.63, 3.8) is 0 Å². The summed E-state index contributed by atoms with van der Waals surface area (Å²) in [4.78, 5) is 27.0. The molecule has 2 aromatic rings. The Bertz CT molecular complexity index is 709. The molecular formula is C19H23N3O2S. The van der Waals surface area contributed by atoms with Crippen LogP contribution in [0.4, 0.5) is 5.69 Å². The van der Waals surface area contributed by atoms with Crippen LogP contribution in [0.2, 0.25) is 0 Å². The Morgan fingerprint density at radius 2 is 1.96 bits per heavy atom. The van der Waals surface area contributed by atoms with Gasteiger partial charge >= 0.3 is 0 Å². The van der Waals surface area contributed by atoms with E-state index in [1.54, 1.807) is 6.07 Å². The first-order valence-corrected chi connectivity index (χ1v) is 9.48. The number of nitrogens with one attached hydrogen (secondary N) is 1. The van der Waals surface area contributed by atoms with E-state index in [2.05, 4.69) is 5.32 Å². The fourth-order valence-corrected chi connectivity index (χ4v) is 3.27. The molecule has 1 aliphatic carbocycles. The first kappa shape index (κ1) is 17.6. The molecule has 1 aromatic heterocycles. The van der Waals surface area contributed by atoms with Gasteiger partial charge in [-0.15, -0.1) is 11.3 Å². The highest BCUT2D eigenvalue weighted by Gasteiger charge is 2.33. The number of rotatable bonds is 8. The lowest BCUT2D eigenvalue weighted by Gasteiger charge is -2.23. The minimum Gasteiger partial charge on any atom is -0.338 e. The smallest absolute Gasteiger partial charge is 0.265 e. The van der Waals surface area contributed by atoms with Crippen LogP contribution in [-0.4, -0.2) is 29.8 Å². The first-order chi connectivity index (χ1) is 12.2. The predicted octanol–water partition coefficient (Wildman–Crippen LogP) is 3.09. The van der Waals surface area contributed by atoms with E-state index in [0.29, 0.717) is 24.5 Å². The van der Waals surface area contributed by atoms with Gasteiger partial charge < -0.3 is 16.0 Å². The van der Waals surface area contributed by atoms with Crippen molar-refractivity contribution in [1.29, 1.82) is 0 Å². The molecule has 1 fully saturated rings. The van der Waals surface area contributed by atoms with E-state index in [0.717, 1.165) is 30.5 Å². The predicted molar refractivity (Wildman–Crippen MR) is 101 cm³/mol. The third-order valence-corrected chi connectivity index (χ3v) is 5.07. The van der Waals surface area contributed by atoms with E-state index in [9.17, 15) is 9.59 Å². The summed E-state index contributed by atoms with van der Waals surface area (Å²) in [6.07, 6.45) is 2.82. The number of hydrogen-bond acceptors (Lipinski definition) is 4. The van der Waals surface area contributed by atoms with E-state index in [1.165, 1.54) is 11.3 Å². The monoisotopic (exact) mass is 357 g/mol. The highest BCUT2D eigenvalue weighted by atomic mass is 32.1. The van der Waals surface area contributed by atoms with E-state index >= 15 is 0 Å². The van der Waals surface area contributed by atoms with Gasteiger partial charge in [-0.25, -0.2) is 0 Å². The van der Waals surface area contributed by atoms with Crippen molar-refractivity contribution in [3.8, 4) is 0 Å². The Morgan fingerprint density at radius 1 is 1.20 bits per heavy atom. The maximum Gasteiger partial charge on any atom is 0.265 e. The van der Waals surface area contributed by atoms with E-state index in [-0.39, 0.29) is 17.7 Å². The molecule has 6 heteroatoms. The van der Waals surface area contributed by atoms with Crippen molar-refractivity contribution in [2.45, 2.75) is 25.8 Å². The van der Waals surface area contributed by atoms with Crippen LogP contribution in [-0.2, 0) is 11.3 Å². The number of thiophene rings is 1. The number of nitrogens with two attached hydrogens (primary N) is 1. The third kappa shape index (κ3) is 4.90. The fourth-order valence-electron chi connectivity index (χ4n) is 2.65. The van der Waals surface area contributed by atoms with E-state index in [4.69, 9.17) is 5.73 Å². The Morgan fingerprint density at radius 3 is 2.56 bits per heavy atom. The van der Waals surface area contributed by atoms with Crippen LogP contribution in [0.25, 0.3) is 0 Å². The van der Waals surface area contributed by atoms with Crippen LogP contribution in [0.5, 0.6) is 0 Å². The molecule has 0 saturated heterocycles. The molecule has 0 bridgehead atoms. The summed E-state index contributed by atoms with van der Waals surface area (Å²) >= 11 is 1.41. The molecule has 1 heterocycles. The standard InChI is InChI=1S/C19H23N3O2S/c20-10-2-11-22(19(24)15-6-7-15)13-14-4-8-16(9-5-14)21-18(23)17-3-1-12-25-17/h1,3-5,8-9,12,15H,2,6-7,10-11,13,20H2,(H,21,23). The second kappa shape index (κ2) is 8.27. The molecule has 0 aliphatic heterocycles. The van der Waals surface area contributed by atoms with Gasteiger partial charge in [0.05, 0.1) is 4.88 Å². The lowest BCUT2D eigenvalue weighted by Crippen LogP contribution is -2.33. The SMILES string of the molecule is NCCCN(Cc1ccc(NC(=O)c2cccs2)cc1)C(=O)C1CC1. The van der Waals surface area contributed by atoms with Gasteiger partial charge in [0.15, 0.2) is 0 Å². The van der Waals surface area contributed by atoms with Gasteiger partial charge in [-0.05, 0) is 54.9 Å². The zero-order valence-electron chi connectivity index (χ0n) is 14.1. The molecule has 0 spiro atoms. The number of benzene rings is 1. The summed E-state index contributed by atoms with van der Waals surface area (Å²) in [5, 5.41) is 4.76. The molecule has 1 saturated carbocycles. The molecule has 0 radical (unpaired) electrons. The van der Waals surface area contributed by atoms with E-state index < -0.39 is 0 Å². The summed E-state index contributed by atoms with van der Waals surface area (Å²) in [6.45, 7) is 1.87. The van der Waals surface area contributed by atoms with Gasteiger partial charge in [0.25, 0.3) is 5.91 Å². The molecule has 5 nitrogen and oxygen atoms in total. The number of carbonyl (C=O) groups is 2. The van der Waals surface area contributed by atoms with Gasteiger partial charge in [0.2, 0.25) is 5.91 Å². The van der Waals surface area contributed by atoms with E-state index in [1.807, 2.05) is 40.6 Å². The Balaban J connectivity index is 1.60. The summed E-state index contributed by atoms with van der Waals surface area (Å²) in [5.74, 6) is 0.349. The largest absolute Gasteiger partial charge is 0.338 e. The lowest BCUT2D eigenvalue weighted by molar-refractivity contribution is -0.133. The van der Waals surface area contributed by atoms with Gasteiger partial charge in [0, 0.05) is 24.7 Å². The summed E-state index contributed by atoms with van der Waals surface area (Å²) in [5.41, 5.74) is 7.40. The topological polar surface area (TPSA) is 75.4 Å². The molecule has 1 aromatic carbocycles. The van der Waals surface area contributed by atoms with Gasteiger partial charge in [-0.1, -0.05) is 18.2 Å². The normalized spacial score (nSPS) is 13.5. The number of anilines is 1. The molecular weight excluding hydrogens is 334 g/mol. The van der Waals surface area contributed by atoms with Crippen molar-refractivity contribution < 1.29 is 9.59 Å². The van der Waals surface area contributed by atoms with Gasteiger partial charge in [-0.2, -0.15) is 0 Å². The fraction of sp³-hybridized carbons (Fsp3) is 0.368. The van der Waals surface area contributed by atoms with Crippen LogP contribution in [0.3, 0.4) is 0 Å². The number of amides is 2. The molecule has 132 valence electrons. The minimum atomic E-state index is -0.101.